The Kier molecular flexibility index (Phi) is 6.00. The number of anilines is 2. The topological polar surface area (TPSA) is 116 Å². The SMILES string of the molecule is Cc1c(C#N)cc(F)cc1[C@@H](N)Nc1nnc(C)c2cnc(N3CCN4CCOC[C@@H]4C3)cc12. The van der Waals surface area contributed by atoms with E-state index in [0.29, 0.717) is 23.0 Å². The minimum Gasteiger partial charge on any atom is -0.378 e. The summed E-state index contributed by atoms with van der Waals surface area (Å²) in [5, 5.41) is 22.8. The number of hydrogen-bond donors (Lipinski definition) is 2. The zero-order valence-corrected chi connectivity index (χ0v) is 19.3. The molecule has 0 aliphatic carbocycles. The zero-order valence-electron chi connectivity index (χ0n) is 19.3. The van der Waals surface area contributed by atoms with Crippen molar-refractivity contribution in [1.29, 1.82) is 5.26 Å². The van der Waals surface area contributed by atoms with E-state index in [1.165, 1.54) is 12.1 Å². The van der Waals surface area contributed by atoms with E-state index in [1.54, 1.807) is 6.92 Å². The first-order valence-corrected chi connectivity index (χ1v) is 11.4. The molecule has 0 spiro atoms. The number of ether oxygens (including phenoxy) is 1. The molecule has 0 bridgehead atoms. The molecule has 2 atom stereocenters. The van der Waals surface area contributed by atoms with Crippen LogP contribution < -0.4 is 16.0 Å². The number of nitrogens with zero attached hydrogens (tertiary/aromatic N) is 6. The van der Waals surface area contributed by atoms with Gasteiger partial charge in [0.15, 0.2) is 5.82 Å². The Hall–Kier alpha value is -3.39. The number of rotatable bonds is 4. The lowest BCUT2D eigenvalue weighted by molar-refractivity contribution is -0.0117. The number of piperazine rings is 1. The number of benzene rings is 1. The lowest BCUT2D eigenvalue weighted by atomic mass is 10.0. The molecular weight excluding hydrogens is 435 g/mol. The van der Waals surface area contributed by atoms with Crippen molar-refractivity contribution in [2.75, 3.05) is 49.6 Å². The average molecular weight is 463 g/mol. The first-order chi connectivity index (χ1) is 16.4. The van der Waals surface area contributed by atoms with E-state index in [1.807, 2.05) is 25.3 Å². The van der Waals surface area contributed by atoms with Crippen molar-refractivity contribution in [3.8, 4) is 6.07 Å². The average Bonchev–Trinajstić information content (AvgIpc) is 2.86. The molecule has 5 rings (SSSR count). The largest absolute Gasteiger partial charge is 0.378 e. The second-order valence-electron chi connectivity index (χ2n) is 8.83. The molecular formula is C24H27FN8O. The van der Waals surface area contributed by atoms with Gasteiger partial charge in [0.25, 0.3) is 0 Å². The number of nitrogens with one attached hydrogen (secondary N) is 1. The predicted octanol–water partition coefficient (Wildman–Crippen LogP) is 2.24. The molecule has 0 saturated carbocycles. The van der Waals surface area contributed by atoms with E-state index in [0.717, 1.165) is 61.7 Å². The Morgan fingerprint density at radius 1 is 1.21 bits per heavy atom. The van der Waals surface area contributed by atoms with E-state index >= 15 is 0 Å². The third kappa shape index (κ3) is 4.14. The number of nitriles is 1. The Labute approximate surface area is 197 Å². The molecule has 2 aliphatic rings. The highest BCUT2D eigenvalue weighted by Crippen LogP contribution is 2.30. The first kappa shape index (κ1) is 22.4. The molecule has 0 unspecified atom stereocenters. The predicted molar refractivity (Wildman–Crippen MR) is 127 cm³/mol. The third-order valence-electron chi connectivity index (χ3n) is 6.76. The minimum absolute atomic E-state index is 0.254. The van der Waals surface area contributed by atoms with Crippen LogP contribution in [0.1, 0.15) is 28.6 Å². The highest BCUT2D eigenvalue weighted by Gasteiger charge is 2.30. The maximum absolute atomic E-state index is 14.1. The summed E-state index contributed by atoms with van der Waals surface area (Å²) in [4.78, 5) is 9.45. The van der Waals surface area contributed by atoms with E-state index in [-0.39, 0.29) is 5.56 Å². The Morgan fingerprint density at radius 2 is 2.06 bits per heavy atom. The number of aryl methyl sites for hydroxylation is 1. The molecule has 3 N–H and O–H groups in total. The fraction of sp³-hybridized carbons (Fsp3) is 0.417. The zero-order chi connectivity index (χ0) is 23.8. The van der Waals surface area contributed by atoms with Gasteiger partial charge >= 0.3 is 0 Å². The summed E-state index contributed by atoms with van der Waals surface area (Å²) >= 11 is 0. The lowest BCUT2D eigenvalue weighted by Gasteiger charge is -2.44. The van der Waals surface area contributed by atoms with Gasteiger partial charge in [-0.3, -0.25) is 4.90 Å². The van der Waals surface area contributed by atoms with Gasteiger partial charge in [0, 0.05) is 43.1 Å². The van der Waals surface area contributed by atoms with Gasteiger partial charge in [0.05, 0.1) is 36.6 Å². The van der Waals surface area contributed by atoms with E-state index in [9.17, 15) is 9.65 Å². The highest BCUT2D eigenvalue weighted by atomic mass is 19.1. The second-order valence-corrected chi connectivity index (χ2v) is 8.83. The maximum Gasteiger partial charge on any atom is 0.158 e. The van der Waals surface area contributed by atoms with Crippen LogP contribution in [0.4, 0.5) is 16.0 Å². The van der Waals surface area contributed by atoms with Gasteiger partial charge in [-0.25, -0.2) is 9.37 Å². The minimum atomic E-state index is -0.775. The molecule has 2 aliphatic heterocycles. The summed E-state index contributed by atoms with van der Waals surface area (Å²) in [6.07, 6.45) is 1.04. The van der Waals surface area contributed by atoms with Crippen molar-refractivity contribution in [2.24, 2.45) is 5.73 Å². The summed E-state index contributed by atoms with van der Waals surface area (Å²) in [5.74, 6) is 0.834. The molecule has 4 heterocycles. The molecule has 34 heavy (non-hydrogen) atoms. The molecule has 0 amide bonds. The van der Waals surface area contributed by atoms with Gasteiger partial charge in [-0.05, 0) is 43.2 Å². The van der Waals surface area contributed by atoms with Crippen molar-refractivity contribution >= 4 is 22.4 Å². The van der Waals surface area contributed by atoms with Crippen molar-refractivity contribution in [2.45, 2.75) is 26.1 Å². The van der Waals surface area contributed by atoms with Crippen molar-refractivity contribution in [1.82, 2.24) is 20.1 Å². The van der Waals surface area contributed by atoms with Gasteiger partial charge in [0.1, 0.15) is 17.8 Å². The van der Waals surface area contributed by atoms with Crippen LogP contribution in [0, 0.1) is 31.0 Å². The van der Waals surface area contributed by atoms with Crippen LogP contribution in [0.5, 0.6) is 0 Å². The number of hydrogen-bond acceptors (Lipinski definition) is 9. The number of fused-ring (bicyclic) bond motifs is 2. The molecule has 1 aromatic carbocycles. The summed E-state index contributed by atoms with van der Waals surface area (Å²) in [5.41, 5.74) is 8.54. The number of morpholine rings is 1. The van der Waals surface area contributed by atoms with Crippen LogP contribution in [-0.2, 0) is 4.74 Å². The number of nitrogens with two attached hydrogens (primary N) is 1. The lowest BCUT2D eigenvalue weighted by Crippen LogP contribution is -2.58. The second kappa shape index (κ2) is 9.10. The van der Waals surface area contributed by atoms with Crippen LogP contribution in [0.3, 0.4) is 0 Å². The Morgan fingerprint density at radius 3 is 2.88 bits per heavy atom. The van der Waals surface area contributed by atoms with Crippen LogP contribution in [0.2, 0.25) is 0 Å². The van der Waals surface area contributed by atoms with Gasteiger partial charge < -0.3 is 20.7 Å². The van der Waals surface area contributed by atoms with Gasteiger partial charge in [-0.1, -0.05) is 0 Å². The third-order valence-corrected chi connectivity index (χ3v) is 6.76. The van der Waals surface area contributed by atoms with Crippen LogP contribution in [0.15, 0.2) is 24.4 Å². The summed E-state index contributed by atoms with van der Waals surface area (Å²) in [6, 6.07) is 6.93. The summed E-state index contributed by atoms with van der Waals surface area (Å²) < 4.78 is 19.8. The fourth-order valence-electron chi connectivity index (χ4n) is 4.76. The molecule has 3 aromatic rings. The molecule has 0 radical (unpaired) electrons. The van der Waals surface area contributed by atoms with Crippen molar-refractivity contribution < 1.29 is 9.13 Å². The quantitative estimate of drug-likeness (QED) is 0.563. The van der Waals surface area contributed by atoms with E-state index in [4.69, 9.17) is 15.5 Å². The van der Waals surface area contributed by atoms with Gasteiger partial charge in [0.2, 0.25) is 0 Å². The number of halogens is 1. The smallest absolute Gasteiger partial charge is 0.158 e. The maximum atomic E-state index is 14.1. The monoisotopic (exact) mass is 462 g/mol. The normalized spacial score (nSPS) is 19.5. The van der Waals surface area contributed by atoms with Gasteiger partial charge in [-0.2, -0.15) is 10.4 Å². The first-order valence-electron chi connectivity index (χ1n) is 11.4. The fourth-order valence-corrected chi connectivity index (χ4v) is 4.76. The molecule has 176 valence electrons. The Balaban J connectivity index is 1.47. The van der Waals surface area contributed by atoms with Crippen LogP contribution in [-0.4, -0.2) is 65.5 Å². The van der Waals surface area contributed by atoms with E-state index in [2.05, 4.69) is 25.3 Å². The van der Waals surface area contributed by atoms with E-state index < -0.39 is 12.0 Å². The van der Waals surface area contributed by atoms with Gasteiger partial charge in [-0.15, -0.1) is 5.10 Å². The molecule has 2 aromatic heterocycles. The standard InChI is InChI=1S/C24H27FN8O/c1-14-16(10-26)7-17(25)8-19(14)23(27)29-24-20-9-22(28-11-21(20)15(2)30-31-24)33-4-3-32-5-6-34-13-18(32)12-33/h7-9,11,18,23H,3-6,12-13,27H2,1-2H3,(H,29,31)/t18-,23-/m0/s1. The number of pyridine rings is 1. The highest BCUT2D eigenvalue weighted by molar-refractivity contribution is 5.94. The number of aromatic nitrogens is 3. The molecule has 2 saturated heterocycles. The summed E-state index contributed by atoms with van der Waals surface area (Å²) in [7, 11) is 0. The molecule has 10 heteroatoms. The van der Waals surface area contributed by atoms with Crippen molar-refractivity contribution in [3.05, 3.63) is 52.6 Å². The molecule has 2 fully saturated rings. The van der Waals surface area contributed by atoms with Crippen LogP contribution in [0.25, 0.3) is 10.8 Å². The Bertz CT molecular complexity index is 1280. The molecule has 9 nitrogen and oxygen atoms in total. The van der Waals surface area contributed by atoms with Crippen LogP contribution >= 0.6 is 0 Å². The van der Waals surface area contributed by atoms with Crippen molar-refractivity contribution in [3.63, 3.8) is 0 Å². The summed E-state index contributed by atoms with van der Waals surface area (Å²) in [6.45, 7) is 8.83.